The van der Waals surface area contributed by atoms with Gasteiger partial charge in [0.15, 0.2) is 5.65 Å². The zero-order valence-electron chi connectivity index (χ0n) is 11.7. The third-order valence-electron chi connectivity index (χ3n) is 3.96. The monoisotopic (exact) mass is 255 g/mol. The lowest BCUT2D eigenvalue weighted by atomic mass is 10.00. The molecule has 0 saturated heterocycles. The lowest BCUT2D eigenvalue weighted by molar-refractivity contribution is 0.587. The van der Waals surface area contributed by atoms with Gasteiger partial charge in [0.25, 0.3) is 0 Å². The van der Waals surface area contributed by atoms with Gasteiger partial charge in [-0.3, -0.25) is 0 Å². The van der Waals surface area contributed by atoms with E-state index in [1.165, 1.54) is 42.4 Å². The van der Waals surface area contributed by atoms with Crippen molar-refractivity contribution in [3.05, 3.63) is 36.3 Å². The van der Waals surface area contributed by atoms with Gasteiger partial charge < -0.3 is 9.38 Å². The molecular formula is C16H21N3. The second-order valence-corrected chi connectivity index (χ2v) is 5.39. The number of aromatic nitrogens is 3. The summed E-state index contributed by atoms with van der Waals surface area (Å²) in [7, 11) is 0. The molecular weight excluding hydrogens is 234 g/mol. The van der Waals surface area contributed by atoms with E-state index in [9.17, 15) is 0 Å². The number of nitrogens with zero attached hydrogens (tertiary/aromatic N) is 2. The zero-order valence-corrected chi connectivity index (χ0v) is 11.7. The largest absolute Gasteiger partial charge is 0.345 e. The van der Waals surface area contributed by atoms with Crippen molar-refractivity contribution in [2.45, 2.75) is 45.4 Å². The number of aromatic amines is 1. The van der Waals surface area contributed by atoms with Gasteiger partial charge in [-0.2, -0.15) is 0 Å². The molecule has 0 aliphatic rings. The quantitative estimate of drug-likeness (QED) is 0.669. The van der Waals surface area contributed by atoms with Crippen LogP contribution >= 0.6 is 0 Å². The highest BCUT2D eigenvalue weighted by molar-refractivity contribution is 5.76. The standard InChI is InChI=1S/C16H21N3/c1-3-4-5-6-12(2)14-8-7-13-11-18-16-15(19(13)14)9-10-17-16/h7-12,17H,3-6H2,1-2H3. The highest BCUT2D eigenvalue weighted by Gasteiger charge is 2.12. The van der Waals surface area contributed by atoms with Gasteiger partial charge >= 0.3 is 0 Å². The van der Waals surface area contributed by atoms with Crippen LogP contribution in [-0.2, 0) is 0 Å². The lowest BCUT2D eigenvalue weighted by Gasteiger charge is -2.12. The summed E-state index contributed by atoms with van der Waals surface area (Å²) in [4.78, 5) is 7.63. The van der Waals surface area contributed by atoms with E-state index in [2.05, 4.69) is 46.4 Å². The predicted molar refractivity (Wildman–Crippen MR) is 79.6 cm³/mol. The molecule has 19 heavy (non-hydrogen) atoms. The molecule has 0 bridgehead atoms. The minimum atomic E-state index is 0.592. The Bertz CT molecular complexity index is 677. The molecule has 1 N–H and O–H groups in total. The van der Waals surface area contributed by atoms with E-state index in [0.717, 1.165) is 5.65 Å². The second-order valence-electron chi connectivity index (χ2n) is 5.39. The van der Waals surface area contributed by atoms with Gasteiger partial charge in [-0.15, -0.1) is 0 Å². The summed E-state index contributed by atoms with van der Waals surface area (Å²) in [5.41, 5.74) is 4.73. The molecule has 3 heteroatoms. The maximum absolute atomic E-state index is 4.44. The van der Waals surface area contributed by atoms with Crippen LogP contribution in [0.25, 0.3) is 16.7 Å². The van der Waals surface area contributed by atoms with Gasteiger partial charge in [-0.05, 0) is 30.5 Å². The number of rotatable bonds is 5. The Morgan fingerprint density at radius 2 is 2.16 bits per heavy atom. The third kappa shape index (κ3) is 2.14. The summed E-state index contributed by atoms with van der Waals surface area (Å²) < 4.78 is 2.34. The Hall–Kier alpha value is -1.77. The van der Waals surface area contributed by atoms with Crippen LogP contribution in [0.15, 0.2) is 30.6 Å². The van der Waals surface area contributed by atoms with Crippen LogP contribution in [0.4, 0.5) is 0 Å². The summed E-state index contributed by atoms with van der Waals surface area (Å²) in [6.45, 7) is 4.59. The molecule has 0 fully saturated rings. The van der Waals surface area contributed by atoms with Gasteiger partial charge in [0.1, 0.15) is 0 Å². The van der Waals surface area contributed by atoms with Gasteiger partial charge in [-0.25, -0.2) is 4.98 Å². The van der Waals surface area contributed by atoms with Gasteiger partial charge in [0, 0.05) is 11.9 Å². The number of unbranched alkanes of at least 4 members (excludes halogenated alkanes) is 2. The van der Waals surface area contributed by atoms with E-state index in [0.29, 0.717) is 5.92 Å². The third-order valence-corrected chi connectivity index (χ3v) is 3.96. The minimum absolute atomic E-state index is 0.592. The van der Waals surface area contributed by atoms with Crippen LogP contribution in [0.1, 0.15) is 51.1 Å². The topological polar surface area (TPSA) is 33.1 Å². The molecule has 3 aromatic heterocycles. The van der Waals surface area contributed by atoms with Crippen molar-refractivity contribution in [1.29, 1.82) is 0 Å². The van der Waals surface area contributed by atoms with Crippen LogP contribution < -0.4 is 0 Å². The number of H-pyrrole nitrogens is 1. The summed E-state index contributed by atoms with van der Waals surface area (Å²) in [5.74, 6) is 0.592. The lowest BCUT2D eigenvalue weighted by Crippen LogP contribution is -2.00. The maximum atomic E-state index is 4.44. The smallest absolute Gasteiger partial charge is 0.154 e. The Morgan fingerprint density at radius 1 is 1.26 bits per heavy atom. The van der Waals surface area contributed by atoms with Crippen molar-refractivity contribution in [3.63, 3.8) is 0 Å². The molecule has 0 aliphatic heterocycles. The molecule has 0 amide bonds. The Balaban J connectivity index is 2.01. The van der Waals surface area contributed by atoms with E-state index in [1.807, 2.05) is 12.4 Å². The zero-order chi connectivity index (χ0) is 13.2. The summed E-state index contributed by atoms with van der Waals surface area (Å²) in [5, 5.41) is 0. The molecule has 0 spiro atoms. The number of hydrogen-bond acceptors (Lipinski definition) is 1. The van der Waals surface area contributed by atoms with Crippen LogP contribution in [0.5, 0.6) is 0 Å². The highest BCUT2D eigenvalue weighted by atomic mass is 15.0. The van der Waals surface area contributed by atoms with Gasteiger partial charge in [0.2, 0.25) is 0 Å². The van der Waals surface area contributed by atoms with Crippen LogP contribution in [0.2, 0.25) is 0 Å². The maximum Gasteiger partial charge on any atom is 0.154 e. The van der Waals surface area contributed by atoms with Crippen molar-refractivity contribution in [1.82, 2.24) is 14.4 Å². The molecule has 0 saturated carbocycles. The SMILES string of the molecule is CCCCCC(C)c1ccc2cnc3[nH]ccc3n12. The first kappa shape index (κ1) is 12.3. The van der Waals surface area contributed by atoms with Crippen molar-refractivity contribution in [3.8, 4) is 0 Å². The molecule has 3 nitrogen and oxygen atoms in total. The Labute approximate surface area is 113 Å². The van der Waals surface area contributed by atoms with E-state index >= 15 is 0 Å². The molecule has 3 heterocycles. The summed E-state index contributed by atoms with van der Waals surface area (Å²) in [6.07, 6.45) is 9.09. The first-order valence-corrected chi connectivity index (χ1v) is 7.24. The number of fused-ring (bicyclic) bond motifs is 3. The predicted octanol–water partition coefficient (Wildman–Crippen LogP) is 4.50. The Kier molecular flexibility index (Phi) is 3.28. The minimum Gasteiger partial charge on any atom is -0.345 e. The van der Waals surface area contributed by atoms with Crippen molar-refractivity contribution >= 4 is 16.7 Å². The normalized spacial score (nSPS) is 13.4. The second kappa shape index (κ2) is 5.08. The fourth-order valence-corrected chi connectivity index (χ4v) is 2.85. The average molecular weight is 255 g/mol. The molecule has 1 atom stereocenters. The summed E-state index contributed by atoms with van der Waals surface area (Å²) in [6, 6.07) is 6.53. The van der Waals surface area contributed by atoms with Gasteiger partial charge in [0.05, 0.1) is 17.2 Å². The van der Waals surface area contributed by atoms with Crippen molar-refractivity contribution in [2.75, 3.05) is 0 Å². The first-order valence-electron chi connectivity index (χ1n) is 7.24. The van der Waals surface area contributed by atoms with Crippen molar-refractivity contribution in [2.24, 2.45) is 0 Å². The van der Waals surface area contributed by atoms with E-state index in [-0.39, 0.29) is 0 Å². The first-order chi connectivity index (χ1) is 9.31. The van der Waals surface area contributed by atoms with Crippen LogP contribution in [0.3, 0.4) is 0 Å². The van der Waals surface area contributed by atoms with E-state index in [1.54, 1.807) is 0 Å². The molecule has 0 radical (unpaired) electrons. The molecule has 0 aliphatic carbocycles. The summed E-state index contributed by atoms with van der Waals surface area (Å²) >= 11 is 0. The van der Waals surface area contributed by atoms with Gasteiger partial charge in [-0.1, -0.05) is 33.1 Å². The molecule has 0 aromatic carbocycles. The molecule has 3 aromatic rings. The molecule has 3 rings (SSSR count). The number of hydrogen-bond donors (Lipinski definition) is 1. The molecule has 100 valence electrons. The van der Waals surface area contributed by atoms with Crippen LogP contribution in [0, 0.1) is 0 Å². The average Bonchev–Trinajstić information content (AvgIpc) is 3.04. The van der Waals surface area contributed by atoms with Crippen molar-refractivity contribution < 1.29 is 0 Å². The number of nitrogens with one attached hydrogen (secondary N) is 1. The van der Waals surface area contributed by atoms with E-state index in [4.69, 9.17) is 0 Å². The van der Waals surface area contributed by atoms with Crippen LogP contribution in [-0.4, -0.2) is 14.4 Å². The highest BCUT2D eigenvalue weighted by Crippen LogP contribution is 2.26. The molecule has 1 unspecified atom stereocenters. The van der Waals surface area contributed by atoms with E-state index < -0.39 is 0 Å². The fraction of sp³-hybridized carbons (Fsp3) is 0.438. The fourth-order valence-electron chi connectivity index (χ4n) is 2.85. The Morgan fingerprint density at radius 3 is 3.00 bits per heavy atom.